The van der Waals surface area contributed by atoms with Gasteiger partial charge in [0, 0.05) is 6.42 Å². The van der Waals surface area contributed by atoms with E-state index >= 15 is 0 Å². The van der Waals surface area contributed by atoms with E-state index in [-0.39, 0.29) is 5.97 Å². The molecule has 0 radical (unpaired) electrons. The quantitative estimate of drug-likeness (QED) is 0.559. The monoisotopic (exact) mass is 274 g/mol. The Morgan fingerprint density at radius 3 is 2.45 bits per heavy atom. The van der Waals surface area contributed by atoms with Crippen molar-refractivity contribution < 1.29 is 9.53 Å². The Bertz CT molecular complexity index is 402. The van der Waals surface area contributed by atoms with Crippen molar-refractivity contribution in [3.63, 3.8) is 0 Å². The second kappa shape index (κ2) is 8.08. The Labute approximate surface area is 122 Å². The molecule has 0 spiro atoms. The zero-order valence-corrected chi connectivity index (χ0v) is 12.6. The Morgan fingerprint density at radius 1 is 1.10 bits per heavy atom. The third kappa shape index (κ3) is 4.66. The van der Waals surface area contributed by atoms with E-state index in [1.54, 1.807) is 0 Å². The lowest BCUT2D eigenvalue weighted by atomic mass is 9.84. The van der Waals surface area contributed by atoms with Crippen LogP contribution in [-0.4, -0.2) is 13.1 Å². The van der Waals surface area contributed by atoms with E-state index in [0.717, 1.165) is 25.2 Å². The number of methoxy groups -OCH3 is 1. The molecule has 0 heterocycles. The maximum absolute atomic E-state index is 11.0. The summed E-state index contributed by atoms with van der Waals surface area (Å²) in [6.45, 7) is 0. The van der Waals surface area contributed by atoms with Crippen LogP contribution < -0.4 is 0 Å². The standard InChI is InChI=1S/C18H26O2/c1-20-18(19)10-6-5-7-15-11-13-17(14-12-15)16-8-3-2-4-9-16/h11-14,16H,2-10H2,1H3. The Kier molecular flexibility index (Phi) is 6.10. The average Bonchev–Trinajstić information content (AvgIpc) is 2.52. The minimum Gasteiger partial charge on any atom is -0.469 e. The summed E-state index contributed by atoms with van der Waals surface area (Å²) >= 11 is 0. The molecule has 0 aromatic heterocycles. The molecule has 1 aromatic carbocycles. The number of aryl methyl sites for hydroxylation is 1. The molecule has 0 unspecified atom stereocenters. The van der Waals surface area contributed by atoms with Crippen LogP contribution in [0.1, 0.15) is 68.4 Å². The molecule has 0 aliphatic heterocycles. The minimum absolute atomic E-state index is 0.0994. The van der Waals surface area contributed by atoms with Crippen LogP contribution in [0.4, 0.5) is 0 Å². The lowest BCUT2D eigenvalue weighted by Crippen LogP contribution is -2.04. The summed E-state index contributed by atoms with van der Waals surface area (Å²) in [5, 5.41) is 0. The van der Waals surface area contributed by atoms with Gasteiger partial charge in [0.05, 0.1) is 7.11 Å². The number of hydrogen-bond acceptors (Lipinski definition) is 2. The number of carbonyl (C=O) groups excluding carboxylic acids is 1. The van der Waals surface area contributed by atoms with Crippen molar-refractivity contribution in [1.82, 2.24) is 0 Å². The van der Waals surface area contributed by atoms with Crippen molar-refractivity contribution in [1.29, 1.82) is 0 Å². The topological polar surface area (TPSA) is 26.3 Å². The number of hydrogen-bond donors (Lipinski definition) is 0. The highest BCUT2D eigenvalue weighted by Crippen LogP contribution is 2.32. The molecule has 2 rings (SSSR count). The van der Waals surface area contributed by atoms with E-state index in [4.69, 9.17) is 0 Å². The molecule has 0 N–H and O–H groups in total. The van der Waals surface area contributed by atoms with Gasteiger partial charge in [-0.25, -0.2) is 0 Å². The molecule has 1 aliphatic carbocycles. The Balaban J connectivity index is 1.75. The Morgan fingerprint density at radius 2 is 1.80 bits per heavy atom. The second-order valence-electron chi connectivity index (χ2n) is 5.86. The van der Waals surface area contributed by atoms with E-state index < -0.39 is 0 Å². The van der Waals surface area contributed by atoms with Gasteiger partial charge in [0.2, 0.25) is 0 Å². The highest BCUT2D eigenvalue weighted by Gasteiger charge is 2.14. The van der Waals surface area contributed by atoms with Crippen molar-refractivity contribution in [2.75, 3.05) is 7.11 Å². The molecule has 1 aliphatic rings. The van der Waals surface area contributed by atoms with Crippen LogP contribution in [0.15, 0.2) is 24.3 Å². The fourth-order valence-electron chi connectivity index (χ4n) is 3.09. The molecule has 0 bridgehead atoms. The van der Waals surface area contributed by atoms with E-state index in [0.29, 0.717) is 6.42 Å². The molecular formula is C18H26O2. The van der Waals surface area contributed by atoms with Crippen molar-refractivity contribution >= 4 is 5.97 Å². The van der Waals surface area contributed by atoms with Gasteiger partial charge in [-0.3, -0.25) is 4.79 Å². The van der Waals surface area contributed by atoms with Gasteiger partial charge in [-0.05, 0) is 49.1 Å². The number of rotatable bonds is 6. The van der Waals surface area contributed by atoms with Crippen molar-refractivity contribution in [3.05, 3.63) is 35.4 Å². The van der Waals surface area contributed by atoms with Gasteiger partial charge >= 0.3 is 5.97 Å². The first-order valence-electron chi connectivity index (χ1n) is 7.95. The van der Waals surface area contributed by atoms with Gasteiger partial charge in [-0.15, -0.1) is 0 Å². The fourth-order valence-corrected chi connectivity index (χ4v) is 3.09. The van der Waals surface area contributed by atoms with Crippen LogP contribution in [0.5, 0.6) is 0 Å². The molecule has 1 aromatic rings. The number of benzene rings is 1. The van der Waals surface area contributed by atoms with Gasteiger partial charge in [0.1, 0.15) is 0 Å². The predicted molar refractivity (Wildman–Crippen MR) is 81.8 cm³/mol. The zero-order valence-electron chi connectivity index (χ0n) is 12.6. The lowest BCUT2D eigenvalue weighted by Gasteiger charge is -2.22. The molecule has 20 heavy (non-hydrogen) atoms. The lowest BCUT2D eigenvalue weighted by molar-refractivity contribution is -0.140. The summed E-state index contributed by atoms with van der Waals surface area (Å²) < 4.78 is 4.65. The molecule has 0 amide bonds. The van der Waals surface area contributed by atoms with Crippen LogP contribution in [0.3, 0.4) is 0 Å². The summed E-state index contributed by atoms with van der Waals surface area (Å²) in [5.74, 6) is 0.690. The summed E-state index contributed by atoms with van der Waals surface area (Å²) in [5.41, 5.74) is 2.90. The molecule has 1 fully saturated rings. The minimum atomic E-state index is -0.0994. The smallest absolute Gasteiger partial charge is 0.305 e. The van der Waals surface area contributed by atoms with Gasteiger partial charge in [0.15, 0.2) is 0 Å². The summed E-state index contributed by atoms with van der Waals surface area (Å²) in [4.78, 5) is 11.0. The first-order valence-corrected chi connectivity index (χ1v) is 7.95. The van der Waals surface area contributed by atoms with Gasteiger partial charge in [0.25, 0.3) is 0 Å². The molecule has 0 saturated heterocycles. The maximum atomic E-state index is 11.0. The molecular weight excluding hydrogens is 248 g/mol. The van der Waals surface area contributed by atoms with Crippen LogP contribution >= 0.6 is 0 Å². The molecule has 2 heteroatoms. The van der Waals surface area contributed by atoms with Crippen LogP contribution in [0.2, 0.25) is 0 Å². The number of carbonyl (C=O) groups is 1. The number of unbranched alkanes of at least 4 members (excludes halogenated alkanes) is 1. The average molecular weight is 274 g/mol. The first kappa shape index (κ1) is 15.1. The van der Waals surface area contributed by atoms with Crippen LogP contribution in [0, 0.1) is 0 Å². The van der Waals surface area contributed by atoms with E-state index in [1.165, 1.54) is 50.3 Å². The van der Waals surface area contributed by atoms with Gasteiger partial charge < -0.3 is 4.74 Å². The van der Waals surface area contributed by atoms with Gasteiger partial charge in [-0.2, -0.15) is 0 Å². The molecule has 0 atom stereocenters. The SMILES string of the molecule is COC(=O)CCCCc1ccc(C2CCCCC2)cc1. The van der Waals surface area contributed by atoms with E-state index in [9.17, 15) is 4.79 Å². The first-order chi connectivity index (χ1) is 9.79. The summed E-state index contributed by atoms with van der Waals surface area (Å²) in [6.07, 6.45) is 10.5. The third-order valence-corrected chi connectivity index (χ3v) is 4.38. The van der Waals surface area contributed by atoms with Crippen LogP contribution in [-0.2, 0) is 16.0 Å². The highest BCUT2D eigenvalue weighted by atomic mass is 16.5. The molecule has 2 nitrogen and oxygen atoms in total. The van der Waals surface area contributed by atoms with Crippen molar-refractivity contribution in [2.24, 2.45) is 0 Å². The van der Waals surface area contributed by atoms with Crippen molar-refractivity contribution in [2.45, 2.75) is 63.7 Å². The fraction of sp³-hybridized carbons (Fsp3) is 0.611. The highest BCUT2D eigenvalue weighted by molar-refractivity contribution is 5.68. The van der Waals surface area contributed by atoms with E-state index in [1.807, 2.05) is 0 Å². The van der Waals surface area contributed by atoms with E-state index in [2.05, 4.69) is 29.0 Å². The number of ether oxygens (including phenoxy) is 1. The second-order valence-corrected chi connectivity index (χ2v) is 5.86. The number of esters is 1. The Hall–Kier alpha value is -1.31. The van der Waals surface area contributed by atoms with Crippen molar-refractivity contribution in [3.8, 4) is 0 Å². The van der Waals surface area contributed by atoms with Gasteiger partial charge in [-0.1, -0.05) is 43.5 Å². The zero-order chi connectivity index (χ0) is 14.2. The largest absolute Gasteiger partial charge is 0.469 e. The normalized spacial score (nSPS) is 16.1. The van der Waals surface area contributed by atoms with Crippen LogP contribution in [0.25, 0.3) is 0 Å². The summed E-state index contributed by atoms with van der Waals surface area (Å²) in [6, 6.07) is 9.15. The summed E-state index contributed by atoms with van der Waals surface area (Å²) in [7, 11) is 1.45. The third-order valence-electron chi connectivity index (χ3n) is 4.38. The maximum Gasteiger partial charge on any atom is 0.305 e. The molecule has 1 saturated carbocycles. The molecule has 110 valence electrons. The predicted octanol–water partition coefficient (Wildman–Crippen LogP) is 4.62.